The lowest BCUT2D eigenvalue weighted by Gasteiger charge is -2.22. The number of aromatic nitrogens is 2. The van der Waals surface area contributed by atoms with Crippen molar-refractivity contribution in [3.8, 4) is 0 Å². The Morgan fingerprint density at radius 2 is 2.23 bits per heavy atom. The van der Waals surface area contributed by atoms with Crippen molar-refractivity contribution in [3.05, 3.63) is 18.2 Å². The summed E-state index contributed by atoms with van der Waals surface area (Å²) in [6.45, 7) is 0.618. The van der Waals surface area contributed by atoms with E-state index in [4.69, 9.17) is 0 Å². The van der Waals surface area contributed by atoms with Crippen LogP contribution in [0.25, 0.3) is 0 Å². The molecule has 1 saturated carbocycles. The van der Waals surface area contributed by atoms with E-state index in [2.05, 4.69) is 15.6 Å². The molecule has 142 valence electrons. The Kier molecular flexibility index (Phi) is 5.11. The first-order valence-corrected chi connectivity index (χ1v) is 10.6. The molecule has 0 bridgehead atoms. The summed E-state index contributed by atoms with van der Waals surface area (Å²) < 4.78 is 1.99. The van der Waals surface area contributed by atoms with Crippen molar-refractivity contribution in [3.63, 3.8) is 0 Å². The lowest BCUT2D eigenvalue weighted by Crippen LogP contribution is -2.36. The molecular weight excluding hydrogens is 350 g/mol. The van der Waals surface area contributed by atoms with Crippen LogP contribution in [0.5, 0.6) is 0 Å². The van der Waals surface area contributed by atoms with Crippen molar-refractivity contribution in [1.82, 2.24) is 25.1 Å². The number of carbonyl (C=O) groups excluding carboxylic acids is 2. The molecule has 0 unspecified atom stereocenters. The summed E-state index contributed by atoms with van der Waals surface area (Å²) in [4.78, 5) is 30.5. The predicted octanol–water partition coefficient (Wildman–Crippen LogP) is 1.64. The SMILES string of the molecule is Cn1ccnc1CN(C(=O)CCCC[C@@H]1SC[C@@H]2NC(=O)N[C@@H]21)C1CC1. The number of thioether (sulfide) groups is 1. The van der Waals surface area contributed by atoms with E-state index in [1.807, 2.05) is 34.5 Å². The fourth-order valence-corrected chi connectivity index (χ4v) is 5.46. The number of unbranched alkanes of at least 4 members (excludes halogenated alkanes) is 1. The minimum absolute atomic E-state index is 0.0326. The highest BCUT2D eigenvalue weighted by molar-refractivity contribution is 8.00. The van der Waals surface area contributed by atoms with E-state index >= 15 is 0 Å². The number of carbonyl (C=O) groups is 2. The van der Waals surface area contributed by atoms with Crippen LogP contribution in [-0.2, 0) is 18.4 Å². The standard InChI is InChI=1S/C18H27N5O2S/c1-22-9-8-19-15(22)10-23(12-6-7-12)16(24)5-3-2-4-14-17-13(11-26-14)20-18(25)21-17/h8-9,12-14,17H,2-7,10-11H2,1H3,(H2,20,21,25)/t13-,14-,17-/m0/s1. The molecule has 1 aromatic rings. The van der Waals surface area contributed by atoms with Crippen LogP contribution in [0.15, 0.2) is 12.4 Å². The zero-order chi connectivity index (χ0) is 18.1. The zero-order valence-corrected chi connectivity index (χ0v) is 16.0. The molecule has 3 atom stereocenters. The smallest absolute Gasteiger partial charge is 0.315 e. The summed E-state index contributed by atoms with van der Waals surface area (Å²) in [6, 6.07) is 0.914. The van der Waals surface area contributed by atoms with Gasteiger partial charge in [-0.25, -0.2) is 9.78 Å². The van der Waals surface area contributed by atoms with E-state index in [0.29, 0.717) is 24.3 Å². The van der Waals surface area contributed by atoms with Gasteiger partial charge in [-0.3, -0.25) is 4.79 Å². The number of fused-ring (bicyclic) bond motifs is 1. The summed E-state index contributed by atoms with van der Waals surface area (Å²) in [7, 11) is 1.97. The van der Waals surface area contributed by atoms with Crippen LogP contribution in [0.2, 0.25) is 0 Å². The Bertz CT molecular complexity index is 674. The Morgan fingerprint density at radius 3 is 2.96 bits per heavy atom. The van der Waals surface area contributed by atoms with Crippen molar-refractivity contribution in [2.24, 2.45) is 7.05 Å². The van der Waals surface area contributed by atoms with Gasteiger partial charge in [0.15, 0.2) is 0 Å². The molecule has 2 aliphatic heterocycles. The minimum atomic E-state index is -0.0326. The molecule has 3 amide bonds. The van der Waals surface area contributed by atoms with Gasteiger partial charge in [0, 0.05) is 42.9 Å². The van der Waals surface area contributed by atoms with E-state index in [1.54, 1.807) is 6.20 Å². The third-order valence-corrected chi connectivity index (χ3v) is 7.12. The maximum Gasteiger partial charge on any atom is 0.315 e. The summed E-state index contributed by atoms with van der Waals surface area (Å²) in [5, 5.41) is 6.48. The number of hydrogen-bond acceptors (Lipinski definition) is 4. The normalized spacial score (nSPS) is 27.1. The maximum absolute atomic E-state index is 12.7. The minimum Gasteiger partial charge on any atom is -0.337 e. The van der Waals surface area contributed by atoms with Gasteiger partial charge >= 0.3 is 6.03 Å². The zero-order valence-electron chi connectivity index (χ0n) is 15.2. The molecule has 1 aliphatic carbocycles. The lowest BCUT2D eigenvalue weighted by atomic mass is 10.0. The molecule has 0 spiro atoms. The van der Waals surface area contributed by atoms with Gasteiger partial charge in [-0.2, -0.15) is 11.8 Å². The van der Waals surface area contributed by atoms with Gasteiger partial charge in [0.2, 0.25) is 5.91 Å². The van der Waals surface area contributed by atoms with Gasteiger partial charge in [0.05, 0.1) is 18.6 Å². The first kappa shape index (κ1) is 17.7. The predicted molar refractivity (Wildman–Crippen MR) is 101 cm³/mol. The van der Waals surface area contributed by atoms with Gasteiger partial charge < -0.3 is 20.1 Å². The van der Waals surface area contributed by atoms with Crippen LogP contribution < -0.4 is 10.6 Å². The fourth-order valence-electron chi connectivity index (χ4n) is 3.92. The molecule has 2 N–H and O–H groups in total. The number of hydrogen-bond donors (Lipinski definition) is 2. The summed E-state index contributed by atoms with van der Waals surface area (Å²) in [5.41, 5.74) is 0. The monoisotopic (exact) mass is 377 g/mol. The van der Waals surface area contributed by atoms with E-state index < -0.39 is 0 Å². The van der Waals surface area contributed by atoms with Crippen LogP contribution >= 0.6 is 11.8 Å². The largest absolute Gasteiger partial charge is 0.337 e. The summed E-state index contributed by atoms with van der Waals surface area (Å²) in [6.07, 6.45) is 9.56. The average Bonchev–Trinajstić information content (AvgIpc) is 3.12. The first-order valence-electron chi connectivity index (χ1n) is 9.56. The molecule has 7 nitrogen and oxygen atoms in total. The van der Waals surface area contributed by atoms with Crippen LogP contribution in [0.3, 0.4) is 0 Å². The molecular formula is C18H27N5O2S. The van der Waals surface area contributed by atoms with Crippen molar-refractivity contribution < 1.29 is 9.59 Å². The number of imidazole rings is 1. The Balaban J connectivity index is 1.22. The average molecular weight is 378 g/mol. The third-order valence-electron chi connectivity index (χ3n) is 5.61. The quantitative estimate of drug-likeness (QED) is 0.533. The van der Waals surface area contributed by atoms with Gasteiger partial charge in [-0.15, -0.1) is 0 Å². The Labute approximate surface area is 158 Å². The molecule has 3 fully saturated rings. The van der Waals surface area contributed by atoms with E-state index in [1.165, 1.54) is 0 Å². The second-order valence-corrected chi connectivity index (χ2v) is 8.85. The highest BCUT2D eigenvalue weighted by atomic mass is 32.2. The van der Waals surface area contributed by atoms with Gasteiger partial charge in [-0.1, -0.05) is 6.42 Å². The Morgan fingerprint density at radius 1 is 1.38 bits per heavy atom. The third kappa shape index (κ3) is 3.84. The second-order valence-electron chi connectivity index (χ2n) is 7.57. The molecule has 8 heteroatoms. The van der Waals surface area contributed by atoms with Crippen LogP contribution in [0.1, 0.15) is 44.3 Å². The van der Waals surface area contributed by atoms with Crippen LogP contribution in [0, 0.1) is 0 Å². The number of aryl methyl sites for hydroxylation is 1. The van der Waals surface area contributed by atoms with E-state index in [0.717, 1.165) is 43.7 Å². The maximum atomic E-state index is 12.7. The first-order chi connectivity index (χ1) is 12.6. The molecule has 3 heterocycles. The molecule has 0 aromatic carbocycles. The van der Waals surface area contributed by atoms with Crippen LogP contribution in [0.4, 0.5) is 4.79 Å². The van der Waals surface area contributed by atoms with Gasteiger partial charge in [0.25, 0.3) is 0 Å². The number of nitrogens with zero attached hydrogens (tertiary/aromatic N) is 3. The molecule has 2 saturated heterocycles. The van der Waals surface area contributed by atoms with Crippen molar-refractivity contribution in [1.29, 1.82) is 0 Å². The molecule has 0 radical (unpaired) electrons. The van der Waals surface area contributed by atoms with Gasteiger partial charge in [-0.05, 0) is 25.7 Å². The lowest BCUT2D eigenvalue weighted by molar-refractivity contribution is -0.132. The number of amides is 3. The number of urea groups is 1. The fraction of sp³-hybridized carbons (Fsp3) is 0.722. The Hall–Kier alpha value is -1.70. The van der Waals surface area contributed by atoms with Crippen molar-refractivity contribution >= 4 is 23.7 Å². The topological polar surface area (TPSA) is 79.3 Å². The second kappa shape index (κ2) is 7.50. The molecule has 4 rings (SSSR count). The summed E-state index contributed by atoms with van der Waals surface area (Å²) >= 11 is 1.94. The highest BCUT2D eigenvalue weighted by Gasteiger charge is 2.42. The number of nitrogens with one attached hydrogen (secondary N) is 2. The van der Waals surface area contributed by atoms with Crippen molar-refractivity contribution in [2.45, 2.75) is 68.4 Å². The molecule has 3 aliphatic rings. The number of rotatable bonds is 8. The van der Waals surface area contributed by atoms with E-state index in [-0.39, 0.29) is 24.0 Å². The van der Waals surface area contributed by atoms with E-state index in [9.17, 15) is 9.59 Å². The van der Waals surface area contributed by atoms with Crippen molar-refractivity contribution in [2.75, 3.05) is 5.75 Å². The summed E-state index contributed by atoms with van der Waals surface area (Å²) in [5.74, 6) is 2.19. The molecule has 1 aromatic heterocycles. The van der Waals surface area contributed by atoms with Crippen LogP contribution in [-0.4, -0.2) is 55.5 Å². The van der Waals surface area contributed by atoms with Gasteiger partial charge in [0.1, 0.15) is 5.82 Å². The highest BCUT2D eigenvalue weighted by Crippen LogP contribution is 2.33. The molecule has 26 heavy (non-hydrogen) atoms.